The van der Waals surface area contributed by atoms with Gasteiger partial charge in [-0.3, -0.25) is 4.79 Å². The molecule has 0 saturated heterocycles. The molecule has 4 rings (SSSR count). The zero-order valence-corrected chi connectivity index (χ0v) is 17.4. The van der Waals surface area contributed by atoms with Crippen molar-refractivity contribution < 1.29 is 14.3 Å². The predicted octanol–water partition coefficient (Wildman–Crippen LogP) is 5.74. The Balaban J connectivity index is 1.59. The fourth-order valence-corrected chi connectivity index (χ4v) is 3.64. The van der Waals surface area contributed by atoms with Gasteiger partial charge in [-0.05, 0) is 22.7 Å². The summed E-state index contributed by atoms with van der Waals surface area (Å²) in [5.74, 6) is 1.08. The van der Waals surface area contributed by atoms with Crippen molar-refractivity contribution in [3.8, 4) is 22.2 Å². The van der Waals surface area contributed by atoms with Crippen LogP contribution in [0.1, 0.15) is 21.6 Å². The number of thiazole rings is 1. The molecule has 2 heterocycles. The number of ether oxygens (including phenoxy) is 2. The van der Waals surface area contributed by atoms with Gasteiger partial charge in [-0.2, -0.15) is 0 Å². The number of hydrogen-bond acceptors (Lipinski definition) is 6. The number of hydrogen-bond donors (Lipinski definition) is 0. The minimum atomic E-state index is -0.596. The topological polar surface area (TPSA) is 61.3 Å². The summed E-state index contributed by atoms with van der Waals surface area (Å²) in [5.41, 5.74) is 2.86. The molecule has 30 heavy (non-hydrogen) atoms. The molecule has 0 amide bonds. The van der Waals surface area contributed by atoms with Crippen molar-refractivity contribution in [3.05, 3.63) is 95.1 Å². The van der Waals surface area contributed by atoms with Gasteiger partial charge in [-0.15, -0.1) is 11.3 Å². The lowest BCUT2D eigenvalue weighted by molar-refractivity contribution is 0.107. The van der Waals surface area contributed by atoms with Crippen LogP contribution >= 0.6 is 22.9 Å². The number of aromatic nitrogens is 2. The number of carbonyl (C=O) groups is 1. The molecule has 0 aliphatic heterocycles. The maximum absolute atomic E-state index is 11.3. The summed E-state index contributed by atoms with van der Waals surface area (Å²) < 4.78 is 12.0. The van der Waals surface area contributed by atoms with E-state index in [1.54, 1.807) is 17.6 Å². The molecule has 0 saturated carbocycles. The van der Waals surface area contributed by atoms with E-state index in [0.717, 1.165) is 11.1 Å². The first kappa shape index (κ1) is 20.1. The molecule has 7 heteroatoms. The van der Waals surface area contributed by atoms with Crippen LogP contribution in [0.4, 0.5) is 0 Å². The van der Waals surface area contributed by atoms with Crippen LogP contribution in [0.5, 0.6) is 11.5 Å². The van der Waals surface area contributed by atoms with Crippen molar-refractivity contribution in [2.45, 2.75) is 13.2 Å². The Labute approximate surface area is 182 Å². The van der Waals surface area contributed by atoms with Gasteiger partial charge in [-0.25, -0.2) is 9.97 Å². The fourth-order valence-electron chi connectivity index (χ4n) is 2.71. The van der Waals surface area contributed by atoms with Gasteiger partial charge < -0.3 is 9.47 Å². The van der Waals surface area contributed by atoms with E-state index in [4.69, 9.17) is 21.1 Å². The van der Waals surface area contributed by atoms with Gasteiger partial charge in [0.05, 0.1) is 6.20 Å². The molecule has 5 nitrogen and oxygen atoms in total. The van der Waals surface area contributed by atoms with E-state index in [9.17, 15) is 4.79 Å². The highest BCUT2D eigenvalue weighted by Crippen LogP contribution is 2.33. The van der Waals surface area contributed by atoms with Crippen LogP contribution < -0.4 is 9.47 Å². The molecule has 0 spiro atoms. The van der Waals surface area contributed by atoms with Crippen molar-refractivity contribution in [1.82, 2.24) is 9.97 Å². The van der Waals surface area contributed by atoms with E-state index >= 15 is 0 Å². The molecule has 2 aromatic carbocycles. The maximum Gasteiger partial charge on any atom is 0.271 e. The molecule has 2 aromatic heterocycles. The first-order chi connectivity index (χ1) is 14.7. The van der Waals surface area contributed by atoms with Crippen LogP contribution in [0.15, 0.2) is 78.3 Å². The third-order valence-electron chi connectivity index (χ3n) is 4.23. The number of halogens is 1. The Kier molecular flexibility index (Phi) is 6.37. The second-order valence-corrected chi connectivity index (χ2v) is 7.58. The molecule has 0 fully saturated rings. The molecular weight excluding hydrogens is 420 g/mol. The molecule has 0 atom stereocenters. The lowest BCUT2D eigenvalue weighted by Crippen LogP contribution is -2.02. The largest absolute Gasteiger partial charge is 0.485 e. The van der Waals surface area contributed by atoms with Gasteiger partial charge >= 0.3 is 0 Å². The van der Waals surface area contributed by atoms with Crippen LogP contribution in [-0.4, -0.2) is 15.2 Å². The fraction of sp³-hybridized carbons (Fsp3) is 0.0870. The summed E-state index contributed by atoms with van der Waals surface area (Å²) in [6.45, 7) is 0.779. The molecule has 4 aromatic rings. The van der Waals surface area contributed by atoms with Crippen molar-refractivity contribution >= 4 is 28.2 Å². The summed E-state index contributed by atoms with van der Waals surface area (Å²) in [6.07, 6.45) is 1.61. The second-order valence-electron chi connectivity index (χ2n) is 6.38. The highest BCUT2D eigenvalue weighted by atomic mass is 35.5. The number of rotatable bonds is 8. The van der Waals surface area contributed by atoms with E-state index < -0.39 is 5.24 Å². The normalized spacial score (nSPS) is 10.6. The Bertz CT molecular complexity index is 1130. The van der Waals surface area contributed by atoms with E-state index in [1.165, 1.54) is 11.3 Å². The monoisotopic (exact) mass is 436 g/mol. The second kappa shape index (κ2) is 9.52. The Hall–Kier alpha value is -3.22. The van der Waals surface area contributed by atoms with Crippen molar-refractivity contribution in [2.75, 3.05) is 0 Å². The predicted molar refractivity (Wildman–Crippen MR) is 117 cm³/mol. The molecular formula is C23H17ClN2O3S. The minimum absolute atomic E-state index is 0.203. The van der Waals surface area contributed by atoms with Crippen molar-refractivity contribution in [2.24, 2.45) is 0 Å². The van der Waals surface area contributed by atoms with Crippen LogP contribution in [0, 0.1) is 0 Å². The van der Waals surface area contributed by atoms with Crippen molar-refractivity contribution in [3.63, 3.8) is 0 Å². The zero-order chi connectivity index (χ0) is 20.8. The molecule has 0 bridgehead atoms. The molecule has 0 unspecified atom stereocenters. The van der Waals surface area contributed by atoms with Gasteiger partial charge in [0.25, 0.3) is 5.24 Å². The molecule has 0 aliphatic carbocycles. The van der Waals surface area contributed by atoms with E-state index in [-0.39, 0.29) is 5.69 Å². The van der Waals surface area contributed by atoms with Gasteiger partial charge in [0.1, 0.15) is 29.6 Å². The molecule has 150 valence electrons. The third kappa shape index (κ3) is 5.03. The van der Waals surface area contributed by atoms with Gasteiger partial charge in [0, 0.05) is 11.4 Å². The van der Waals surface area contributed by atoms with E-state index in [2.05, 4.69) is 9.97 Å². The van der Waals surface area contributed by atoms with Crippen molar-refractivity contribution in [1.29, 1.82) is 0 Å². The average molecular weight is 437 g/mol. The number of carbonyl (C=O) groups excluding carboxylic acids is 1. The SMILES string of the molecule is O=C(Cl)c1csc(-c2cc(OCc3ccccc3)c(OCc3ccccc3)cn2)n1. The van der Waals surface area contributed by atoms with Crippen LogP contribution in [0.2, 0.25) is 0 Å². The van der Waals surface area contributed by atoms with E-state index in [1.807, 2.05) is 60.7 Å². The lowest BCUT2D eigenvalue weighted by Gasteiger charge is -2.13. The molecule has 0 aliphatic rings. The first-order valence-electron chi connectivity index (χ1n) is 9.18. The highest BCUT2D eigenvalue weighted by molar-refractivity contribution is 7.13. The summed E-state index contributed by atoms with van der Waals surface area (Å²) in [7, 11) is 0. The summed E-state index contributed by atoms with van der Waals surface area (Å²) in [6, 6.07) is 21.5. The first-order valence-corrected chi connectivity index (χ1v) is 10.4. The van der Waals surface area contributed by atoms with Gasteiger partial charge in [-0.1, -0.05) is 60.7 Å². The Morgan fingerprint density at radius 3 is 2.07 bits per heavy atom. The molecule has 0 N–H and O–H groups in total. The van der Waals surface area contributed by atoms with Crippen LogP contribution in [0.3, 0.4) is 0 Å². The Morgan fingerprint density at radius 2 is 1.50 bits per heavy atom. The summed E-state index contributed by atoms with van der Waals surface area (Å²) >= 11 is 6.81. The number of nitrogens with zero attached hydrogens (tertiary/aromatic N) is 2. The van der Waals surface area contributed by atoms with E-state index in [0.29, 0.717) is 35.4 Å². The van der Waals surface area contributed by atoms with Crippen LogP contribution in [-0.2, 0) is 13.2 Å². The number of benzene rings is 2. The standard InChI is InChI=1S/C23H17ClN2O3S/c24-22(27)19-15-30-23(26-19)18-11-20(28-13-16-7-3-1-4-8-16)21(12-25-18)29-14-17-9-5-2-6-10-17/h1-12,15H,13-14H2. The van der Waals surface area contributed by atoms with Gasteiger partial charge in [0.15, 0.2) is 11.5 Å². The summed E-state index contributed by atoms with van der Waals surface area (Å²) in [5, 5.41) is 1.59. The van der Waals surface area contributed by atoms with Crippen LogP contribution in [0.25, 0.3) is 10.7 Å². The molecule has 0 radical (unpaired) electrons. The maximum atomic E-state index is 11.3. The summed E-state index contributed by atoms with van der Waals surface area (Å²) in [4.78, 5) is 20.0. The Morgan fingerprint density at radius 1 is 0.900 bits per heavy atom. The highest BCUT2D eigenvalue weighted by Gasteiger charge is 2.15. The smallest absolute Gasteiger partial charge is 0.271 e. The minimum Gasteiger partial charge on any atom is -0.485 e. The third-order valence-corrected chi connectivity index (χ3v) is 5.29. The zero-order valence-electron chi connectivity index (χ0n) is 15.8. The van der Waals surface area contributed by atoms with Gasteiger partial charge in [0.2, 0.25) is 0 Å². The number of pyridine rings is 1. The lowest BCUT2D eigenvalue weighted by atomic mass is 10.2. The average Bonchev–Trinajstić information content (AvgIpc) is 3.29. The quantitative estimate of drug-likeness (QED) is 0.329.